The Hall–Kier alpha value is -3.65. The van der Waals surface area contributed by atoms with E-state index >= 15 is 0 Å². The van der Waals surface area contributed by atoms with Crippen molar-refractivity contribution in [3.8, 4) is 11.1 Å². The zero-order chi connectivity index (χ0) is 22.1. The van der Waals surface area contributed by atoms with E-state index in [1.165, 1.54) is 0 Å². The third-order valence-electron chi connectivity index (χ3n) is 6.47. The van der Waals surface area contributed by atoms with E-state index in [-0.39, 0.29) is 11.6 Å². The quantitative estimate of drug-likeness (QED) is 0.647. The number of nitrogens with two attached hydrogens (primary N) is 1. The number of aromatic amines is 1. The van der Waals surface area contributed by atoms with Crippen molar-refractivity contribution in [1.29, 1.82) is 0 Å². The van der Waals surface area contributed by atoms with Gasteiger partial charge in [0, 0.05) is 42.8 Å². The van der Waals surface area contributed by atoms with Gasteiger partial charge in [0.2, 0.25) is 5.91 Å². The molecule has 2 saturated heterocycles. The number of hydrogen-bond donors (Lipinski definition) is 2. The molecular formula is C24H25N5O3. The standard InChI is InChI=1S/C24H25N5O3/c25-22(30)19-3-1-2-17(12-19)15-29-23(31)28(16-24(29)8-10-32-11-9-24)21-6-4-18(5-7-21)20-13-26-27-14-20/h1-7,12-14H,8-11,15-16H2,(H2,25,30)(H,26,27). The molecule has 1 aromatic heterocycles. The smallest absolute Gasteiger partial charge is 0.325 e. The zero-order valence-electron chi connectivity index (χ0n) is 17.7. The van der Waals surface area contributed by atoms with Crippen LogP contribution in [0.15, 0.2) is 60.9 Å². The fourth-order valence-electron chi connectivity index (χ4n) is 4.66. The molecule has 2 fully saturated rings. The normalized spacial score (nSPS) is 17.8. The van der Waals surface area contributed by atoms with Crippen LogP contribution in [0.1, 0.15) is 28.8 Å². The molecule has 8 heteroatoms. The van der Waals surface area contributed by atoms with Gasteiger partial charge < -0.3 is 15.4 Å². The van der Waals surface area contributed by atoms with Gasteiger partial charge in [0.15, 0.2) is 0 Å². The first-order valence-electron chi connectivity index (χ1n) is 10.7. The molecule has 0 radical (unpaired) electrons. The second-order valence-corrected chi connectivity index (χ2v) is 8.39. The summed E-state index contributed by atoms with van der Waals surface area (Å²) in [7, 11) is 0. The Morgan fingerprint density at radius 1 is 1.12 bits per heavy atom. The highest BCUT2D eigenvalue weighted by Gasteiger charge is 2.50. The minimum absolute atomic E-state index is 0.0348. The lowest BCUT2D eigenvalue weighted by Gasteiger charge is -2.40. The summed E-state index contributed by atoms with van der Waals surface area (Å²) in [6.07, 6.45) is 5.17. The Morgan fingerprint density at radius 2 is 1.91 bits per heavy atom. The van der Waals surface area contributed by atoms with E-state index in [9.17, 15) is 9.59 Å². The first kappa shape index (κ1) is 20.3. The van der Waals surface area contributed by atoms with Crippen LogP contribution in [-0.2, 0) is 11.3 Å². The summed E-state index contributed by atoms with van der Waals surface area (Å²) in [5.41, 5.74) is 9.38. The first-order chi connectivity index (χ1) is 15.6. The van der Waals surface area contributed by atoms with Gasteiger partial charge in [-0.25, -0.2) is 4.79 Å². The van der Waals surface area contributed by atoms with E-state index in [0.29, 0.717) is 31.9 Å². The number of rotatable bonds is 5. The number of ether oxygens (including phenoxy) is 1. The Kier molecular flexibility index (Phi) is 5.14. The predicted octanol–water partition coefficient (Wildman–Crippen LogP) is 3.17. The summed E-state index contributed by atoms with van der Waals surface area (Å²) in [5, 5.41) is 6.82. The highest BCUT2D eigenvalue weighted by atomic mass is 16.5. The van der Waals surface area contributed by atoms with Crippen LogP contribution < -0.4 is 10.6 Å². The Labute approximate surface area is 186 Å². The molecule has 0 bridgehead atoms. The van der Waals surface area contributed by atoms with Crippen LogP contribution in [0.2, 0.25) is 0 Å². The van der Waals surface area contributed by atoms with Gasteiger partial charge in [-0.15, -0.1) is 0 Å². The number of anilines is 1. The summed E-state index contributed by atoms with van der Waals surface area (Å²) in [6, 6.07) is 15.1. The van der Waals surface area contributed by atoms with E-state index in [1.807, 2.05) is 46.3 Å². The van der Waals surface area contributed by atoms with Crippen molar-refractivity contribution in [2.45, 2.75) is 24.9 Å². The number of carbonyl (C=O) groups excluding carboxylic acids is 2. The fourth-order valence-corrected chi connectivity index (χ4v) is 4.66. The molecule has 1 spiro atoms. The number of nitrogens with zero attached hydrogens (tertiary/aromatic N) is 3. The lowest BCUT2D eigenvalue weighted by molar-refractivity contribution is 0.00611. The molecule has 0 atom stereocenters. The molecular weight excluding hydrogens is 406 g/mol. The highest BCUT2D eigenvalue weighted by molar-refractivity contribution is 5.96. The Balaban J connectivity index is 1.44. The van der Waals surface area contributed by atoms with Crippen molar-refractivity contribution >= 4 is 17.6 Å². The van der Waals surface area contributed by atoms with Gasteiger partial charge in [0.25, 0.3) is 0 Å². The van der Waals surface area contributed by atoms with Crippen LogP contribution >= 0.6 is 0 Å². The van der Waals surface area contributed by atoms with Crippen LogP contribution in [0, 0.1) is 0 Å². The van der Waals surface area contributed by atoms with Crippen LogP contribution in [0.4, 0.5) is 10.5 Å². The molecule has 164 valence electrons. The van der Waals surface area contributed by atoms with E-state index in [2.05, 4.69) is 10.2 Å². The molecule has 5 rings (SSSR count). The van der Waals surface area contributed by atoms with Crippen molar-refractivity contribution in [2.75, 3.05) is 24.7 Å². The number of primary amides is 1. The molecule has 2 aliphatic rings. The van der Waals surface area contributed by atoms with E-state index < -0.39 is 5.91 Å². The van der Waals surface area contributed by atoms with Gasteiger partial charge in [-0.05, 0) is 48.2 Å². The van der Waals surface area contributed by atoms with E-state index in [0.717, 1.165) is 35.2 Å². The van der Waals surface area contributed by atoms with Crippen LogP contribution in [-0.4, -0.2) is 52.3 Å². The van der Waals surface area contributed by atoms with Crippen molar-refractivity contribution < 1.29 is 14.3 Å². The predicted molar refractivity (Wildman–Crippen MR) is 120 cm³/mol. The SMILES string of the molecule is NC(=O)c1cccc(CN2C(=O)N(c3ccc(-c4cn[nH]c4)cc3)CC23CCOCC3)c1. The average Bonchev–Trinajstić information content (AvgIpc) is 3.44. The van der Waals surface area contributed by atoms with Gasteiger partial charge in [-0.1, -0.05) is 24.3 Å². The number of aromatic nitrogens is 2. The molecule has 0 saturated carbocycles. The van der Waals surface area contributed by atoms with Crippen LogP contribution in [0.3, 0.4) is 0 Å². The molecule has 0 unspecified atom stereocenters. The second-order valence-electron chi connectivity index (χ2n) is 8.39. The number of H-pyrrole nitrogens is 1. The third kappa shape index (κ3) is 3.62. The van der Waals surface area contributed by atoms with E-state index in [1.54, 1.807) is 24.4 Å². The summed E-state index contributed by atoms with van der Waals surface area (Å²) in [5.74, 6) is -0.472. The molecule has 2 aliphatic heterocycles. The zero-order valence-corrected chi connectivity index (χ0v) is 17.7. The largest absolute Gasteiger partial charge is 0.381 e. The van der Waals surface area contributed by atoms with Crippen molar-refractivity contribution in [2.24, 2.45) is 5.73 Å². The monoisotopic (exact) mass is 431 g/mol. The number of urea groups is 1. The molecule has 3 amide bonds. The Bertz CT molecular complexity index is 1120. The second kappa shape index (κ2) is 8.12. The highest BCUT2D eigenvalue weighted by Crippen LogP contribution is 2.39. The molecule has 3 heterocycles. The van der Waals surface area contributed by atoms with Gasteiger partial charge in [-0.2, -0.15) is 5.10 Å². The lowest BCUT2D eigenvalue weighted by Crippen LogP contribution is -2.50. The van der Waals surface area contributed by atoms with Gasteiger partial charge >= 0.3 is 6.03 Å². The fraction of sp³-hybridized carbons (Fsp3) is 0.292. The number of carbonyl (C=O) groups is 2. The molecule has 2 aromatic carbocycles. The average molecular weight is 431 g/mol. The number of benzene rings is 2. The maximum Gasteiger partial charge on any atom is 0.325 e. The van der Waals surface area contributed by atoms with Gasteiger partial charge in [-0.3, -0.25) is 14.8 Å². The number of hydrogen-bond acceptors (Lipinski definition) is 4. The van der Waals surface area contributed by atoms with Crippen molar-refractivity contribution in [1.82, 2.24) is 15.1 Å². The summed E-state index contributed by atoms with van der Waals surface area (Å²) >= 11 is 0. The first-order valence-corrected chi connectivity index (χ1v) is 10.7. The number of amides is 3. The molecule has 3 N–H and O–H groups in total. The molecule has 8 nitrogen and oxygen atoms in total. The maximum absolute atomic E-state index is 13.6. The topological polar surface area (TPSA) is 105 Å². The van der Waals surface area contributed by atoms with Crippen molar-refractivity contribution in [3.05, 3.63) is 72.1 Å². The van der Waals surface area contributed by atoms with Crippen LogP contribution in [0.25, 0.3) is 11.1 Å². The molecule has 0 aliphatic carbocycles. The number of nitrogens with one attached hydrogen (secondary N) is 1. The lowest BCUT2D eigenvalue weighted by atomic mass is 9.88. The third-order valence-corrected chi connectivity index (χ3v) is 6.47. The van der Waals surface area contributed by atoms with E-state index in [4.69, 9.17) is 10.5 Å². The minimum Gasteiger partial charge on any atom is -0.381 e. The maximum atomic E-state index is 13.6. The molecule has 32 heavy (non-hydrogen) atoms. The van der Waals surface area contributed by atoms with Crippen molar-refractivity contribution in [3.63, 3.8) is 0 Å². The van der Waals surface area contributed by atoms with Gasteiger partial charge in [0.05, 0.1) is 18.3 Å². The minimum atomic E-state index is -0.472. The summed E-state index contributed by atoms with van der Waals surface area (Å²) in [6.45, 7) is 2.27. The summed E-state index contributed by atoms with van der Waals surface area (Å²) in [4.78, 5) is 29.0. The molecule has 3 aromatic rings. The van der Waals surface area contributed by atoms with Crippen LogP contribution in [0.5, 0.6) is 0 Å². The van der Waals surface area contributed by atoms with Gasteiger partial charge in [0.1, 0.15) is 0 Å². The summed E-state index contributed by atoms with van der Waals surface area (Å²) < 4.78 is 5.61. The Morgan fingerprint density at radius 3 is 2.59 bits per heavy atom.